The number of hydrogen-bond acceptors (Lipinski definition) is 3. The van der Waals surface area contributed by atoms with Gasteiger partial charge in [-0.1, -0.05) is 30.3 Å². The van der Waals surface area contributed by atoms with Gasteiger partial charge in [0.1, 0.15) is 5.82 Å². The third-order valence-corrected chi connectivity index (χ3v) is 4.94. The minimum Gasteiger partial charge on any atom is -0.339 e. The lowest BCUT2D eigenvalue weighted by Crippen LogP contribution is -2.38. The number of carbonyl (C=O) groups excluding carboxylic acids is 2. The molecule has 0 radical (unpaired) electrons. The van der Waals surface area contributed by atoms with Crippen LogP contribution in [0.2, 0.25) is 0 Å². The Kier molecular flexibility index (Phi) is 6.92. The first-order valence-electron chi connectivity index (χ1n) is 9.50. The Morgan fingerprint density at radius 1 is 1.07 bits per heavy atom. The van der Waals surface area contributed by atoms with Crippen LogP contribution in [0.5, 0.6) is 0 Å². The molecule has 0 aromatic heterocycles. The number of halogens is 1. The number of nitrogens with one attached hydrogen (secondary N) is 1. The van der Waals surface area contributed by atoms with Crippen molar-refractivity contribution in [2.75, 3.05) is 13.1 Å². The first-order valence-corrected chi connectivity index (χ1v) is 9.50. The van der Waals surface area contributed by atoms with Crippen LogP contribution in [0, 0.1) is 5.82 Å². The van der Waals surface area contributed by atoms with E-state index >= 15 is 0 Å². The summed E-state index contributed by atoms with van der Waals surface area (Å²) in [7, 11) is 0. The number of hydroxylamine groups is 1. The van der Waals surface area contributed by atoms with Crippen molar-refractivity contribution in [3.63, 3.8) is 0 Å². The maximum atomic E-state index is 13.1. The van der Waals surface area contributed by atoms with Gasteiger partial charge in [0.2, 0.25) is 5.91 Å². The van der Waals surface area contributed by atoms with Crippen molar-refractivity contribution in [3.8, 4) is 0 Å². The van der Waals surface area contributed by atoms with Gasteiger partial charge < -0.3 is 4.90 Å². The van der Waals surface area contributed by atoms with Gasteiger partial charge in [0.15, 0.2) is 0 Å². The summed E-state index contributed by atoms with van der Waals surface area (Å²) in [5.41, 5.74) is 4.20. The van der Waals surface area contributed by atoms with E-state index in [2.05, 4.69) is 0 Å². The Morgan fingerprint density at radius 3 is 2.45 bits per heavy atom. The topological polar surface area (TPSA) is 69.6 Å². The molecule has 5 nitrogen and oxygen atoms in total. The number of benzene rings is 2. The van der Waals surface area contributed by atoms with E-state index in [-0.39, 0.29) is 17.6 Å². The largest absolute Gasteiger partial charge is 0.339 e. The molecule has 0 saturated carbocycles. The number of carbonyl (C=O) groups is 2. The highest BCUT2D eigenvalue weighted by atomic mass is 19.1. The summed E-state index contributed by atoms with van der Waals surface area (Å²) in [6.45, 7) is 1.33. The Labute approximate surface area is 169 Å². The Morgan fingerprint density at radius 2 is 1.76 bits per heavy atom. The van der Waals surface area contributed by atoms with Crippen LogP contribution in [0.4, 0.5) is 4.39 Å². The third kappa shape index (κ3) is 5.86. The molecule has 6 heteroatoms. The first-order chi connectivity index (χ1) is 14.0. The monoisotopic (exact) mass is 394 g/mol. The van der Waals surface area contributed by atoms with E-state index in [4.69, 9.17) is 5.21 Å². The molecule has 29 heavy (non-hydrogen) atoms. The van der Waals surface area contributed by atoms with Gasteiger partial charge >= 0.3 is 0 Å². The lowest BCUT2D eigenvalue weighted by molar-refractivity contribution is -0.127. The van der Waals surface area contributed by atoms with E-state index in [1.165, 1.54) is 23.7 Å². The summed E-state index contributed by atoms with van der Waals surface area (Å²) in [5.74, 6) is -0.707. The van der Waals surface area contributed by atoms with Crippen molar-refractivity contribution in [3.05, 3.63) is 83.2 Å². The summed E-state index contributed by atoms with van der Waals surface area (Å²) < 4.78 is 13.1. The lowest BCUT2D eigenvalue weighted by atomic mass is 9.90. The molecule has 0 spiro atoms. The third-order valence-electron chi connectivity index (χ3n) is 4.94. The predicted octanol–water partition coefficient (Wildman–Crippen LogP) is 3.76. The molecule has 1 aliphatic heterocycles. The van der Waals surface area contributed by atoms with Crippen LogP contribution in [0.3, 0.4) is 0 Å². The number of nitrogens with zero attached hydrogens (tertiary/aromatic N) is 1. The van der Waals surface area contributed by atoms with Gasteiger partial charge in [-0.05, 0) is 59.9 Å². The standard InChI is InChI=1S/C23H23FN2O3/c24-21-10-8-19(9-11-21)20-5-2-14-26(16-20)23(28)13-7-18-4-1-3-17(15-18)6-12-22(27)25-29/h1,3-4,6-13,15,20,29H,2,5,14,16H2,(H,25,27)/b12-6+,13-7+. The maximum absolute atomic E-state index is 13.1. The van der Waals surface area contributed by atoms with E-state index in [0.717, 1.165) is 29.5 Å². The van der Waals surface area contributed by atoms with Crippen LogP contribution in [-0.2, 0) is 9.59 Å². The van der Waals surface area contributed by atoms with Gasteiger partial charge in [0, 0.05) is 31.2 Å². The fraction of sp³-hybridized carbons (Fsp3) is 0.217. The van der Waals surface area contributed by atoms with Crippen LogP contribution in [-0.4, -0.2) is 35.0 Å². The summed E-state index contributed by atoms with van der Waals surface area (Å²) in [6.07, 6.45) is 7.98. The molecule has 150 valence electrons. The number of amides is 2. The van der Waals surface area contributed by atoms with Crippen LogP contribution >= 0.6 is 0 Å². The molecule has 1 fully saturated rings. The van der Waals surface area contributed by atoms with Crippen LogP contribution < -0.4 is 5.48 Å². The molecule has 1 saturated heterocycles. The second kappa shape index (κ2) is 9.80. The zero-order valence-corrected chi connectivity index (χ0v) is 15.9. The molecule has 1 heterocycles. The van der Waals surface area contributed by atoms with E-state index < -0.39 is 5.91 Å². The zero-order chi connectivity index (χ0) is 20.6. The van der Waals surface area contributed by atoms with E-state index in [1.54, 1.807) is 30.4 Å². The second-order valence-electron chi connectivity index (χ2n) is 6.99. The predicted molar refractivity (Wildman–Crippen MR) is 109 cm³/mol. The summed E-state index contributed by atoms with van der Waals surface area (Å²) in [4.78, 5) is 25.5. The van der Waals surface area contributed by atoms with E-state index in [9.17, 15) is 14.0 Å². The SMILES string of the molecule is O=C(/C=C/c1cccc(/C=C/C(=O)N2CCCC(c3ccc(F)cc3)C2)c1)NO. The fourth-order valence-electron chi connectivity index (χ4n) is 3.43. The van der Waals surface area contributed by atoms with E-state index in [1.807, 2.05) is 29.2 Å². The fourth-order valence-corrected chi connectivity index (χ4v) is 3.43. The molecular weight excluding hydrogens is 371 g/mol. The quantitative estimate of drug-likeness (QED) is 0.461. The summed E-state index contributed by atoms with van der Waals surface area (Å²) in [6, 6.07) is 13.8. The molecule has 2 aromatic carbocycles. The van der Waals surface area contributed by atoms with Crippen molar-refractivity contribution in [2.24, 2.45) is 0 Å². The molecule has 2 N–H and O–H groups in total. The highest BCUT2D eigenvalue weighted by molar-refractivity contribution is 5.92. The van der Waals surface area contributed by atoms with Crippen LogP contribution in [0.1, 0.15) is 35.4 Å². The normalized spacial score (nSPS) is 17.0. The molecular formula is C23H23FN2O3. The highest BCUT2D eigenvalue weighted by Crippen LogP contribution is 2.27. The second-order valence-corrected chi connectivity index (χ2v) is 6.99. The van der Waals surface area contributed by atoms with Gasteiger partial charge in [-0.25, -0.2) is 9.87 Å². The van der Waals surface area contributed by atoms with Crippen LogP contribution in [0.25, 0.3) is 12.2 Å². The van der Waals surface area contributed by atoms with Gasteiger partial charge in [0.05, 0.1) is 0 Å². The van der Waals surface area contributed by atoms with Gasteiger partial charge in [-0.2, -0.15) is 0 Å². The minimum absolute atomic E-state index is 0.0579. The average molecular weight is 394 g/mol. The van der Waals surface area contributed by atoms with Crippen LogP contribution in [0.15, 0.2) is 60.7 Å². The smallest absolute Gasteiger partial charge is 0.267 e. The van der Waals surface area contributed by atoms with Gasteiger partial charge in [-0.3, -0.25) is 14.8 Å². The molecule has 1 unspecified atom stereocenters. The molecule has 2 amide bonds. The minimum atomic E-state index is -0.609. The zero-order valence-electron chi connectivity index (χ0n) is 15.9. The summed E-state index contributed by atoms with van der Waals surface area (Å²) >= 11 is 0. The number of rotatable bonds is 5. The molecule has 3 rings (SSSR count). The average Bonchev–Trinajstić information content (AvgIpc) is 2.76. The maximum Gasteiger partial charge on any atom is 0.267 e. The van der Waals surface area contributed by atoms with Crippen molar-refractivity contribution < 1.29 is 19.2 Å². The Bertz CT molecular complexity index is 922. The summed E-state index contributed by atoms with van der Waals surface area (Å²) in [5, 5.41) is 8.52. The molecule has 0 bridgehead atoms. The number of likely N-dealkylation sites (tertiary alicyclic amines) is 1. The van der Waals surface area contributed by atoms with Crippen molar-refractivity contribution >= 4 is 24.0 Å². The number of piperidine rings is 1. The molecule has 1 atom stereocenters. The van der Waals surface area contributed by atoms with Crippen molar-refractivity contribution in [1.29, 1.82) is 0 Å². The molecule has 2 aromatic rings. The van der Waals surface area contributed by atoms with Crippen molar-refractivity contribution in [2.45, 2.75) is 18.8 Å². The molecule has 0 aliphatic carbocycles. The lowest BCUT2D eigenvalue weighted by Gasteiger charge is -2.32. The Balaban J connectivity index is 1.63. The van der Waals surface area contributed by atoms with Gasteiger partial charge in [0.25, 0.3) is 5.91 Å². The Hall–Kier alpha value is -3.25. The van der Waals surface area contributed by atoms with E-state index in [0.29, 0.717) is 13.1 Å². The van der Waals surface area contributed by atoms with Crippen molar-refractivity contribution in [1.82, 2.24) is 10.4 Å². The van der Waals surface area contributed by atoms with Gasteiger partial charge in [-0.15, -0.1) is 0 Å². The highest BCUT2D eigenvalue weighted by Gasteiger charge is 2.23. The molecule has 1 aliphatic rings. The number of hydrogen-bond donors (Lipinski definition) is 2. The first kappa shape index (κ1) is 20.5.